The molecular formula is C8H11NO3. The molecule has 0 bridgehead atoms. The Morgan fingerprint density at radius 1 is 1.75 bits per heavy atom. The molecule has 0 heterocycles. The summed E-state index contributed by atoms with van der Waals surface area (Å²) in [5, 5.41) is 2.29. The molecule has 0 fully saturated rings. The van der Waals surface area contributed by atoms with E-state index < -0.39 is 12.1 Å². The van der Waals surface area contributed by atoms with Crippen molar-refractivity contribution in [1.29, 1.82) is 0 Å². The zero-order valence-corrected chi connectivity index (χ0v) is 7.09. The number of rotatable bonds is 3. The summed E-state index contributed by atoms with van der Waals surface area (Å²) in [6.45, 7) is 3.25. The number of hydrogen-bond donors (Lipinski definition) is 1. The molecule has 4 heteroatoms. The zero-order valence-electron chi connectivity index (χ0n) is 7.09. The predicted molar refractivity (Wildman–Crippen MR) is 43.5 cm³/mol. The summed E-state index contributed by atoms with van der Waals surface area (Å²) >= 11 is 0. The number of hydrogen-bond acceptors (Lipinski definition) is 3. The molecule has 1 atom stereocenters. The molecule has 0 aliphatic rings. The van der Waals surface area contributed by atoms with Crippen LogP contribution >= 0.6 is 0 Å². The van der Waals surface area contributed by atoms with Gasteiger partial charge in [0.05, 0.1) is 6.04 Å². The summed E-state index contributed by atoms with van der Waals surface area (Å²) in [5.41, 5.74) is 0. The van der Waals surface area contributed by atoms with Crippen LogP contribution in [0.5, 0.6) is 0 Å². The lowest BCUT2D eigenvalue weighted by Crippen LogP contribution is -2.34. The third-order valence-electron chi connectivity index (χ3n) is 1.00. The van der Waals surface area contributed by atoms with Gasteiger partial charge >= 0.3 is 6.09 Å². The number of carbonyl (C=O) groups is 2. The van der Waals surface area contributed by atoms with Crippen molar-refractivity contribution < 1.29 is 14.3 Å². The van der Waals surface area contributed by atoms with E-state index in [0.29, 0.717) is 6.29 Å². The second-order valence-corrected chi connectivity index (χ2v) is 2.07. The molecule has 0 aliphatic carbocycles. The van der Waals surface area contributed by atoms with Crippen LogP contribution in [-0.2, 0) is 9.53 Å². The molecule has 1 amide bonds. The molecule has 4 nitrogen and oxygen atoms in total. The first kappa shape index (κ1) is 10.5. The van der Waals surface area contributed by atoms with Gasteiger partial charge < -0.3 is 14.8 Å². The average molecular weight is 169 g/mol. The van der Waals surface area contributed by atoms with Crippen molar-refractivity contribution in [3.63, 3.8) is 0 Å². The second kappa shape index (κ2) is 6.23. The van der Waals surface area contributed by atoms with Gasteiger partial charge in [0, 0.05) is 0 Å². The highest BCUT2D eigenvalue weighted by molar-refractivity contribution is 5.72. The minimum absolute atomic E-state index is 0.0495. The minimum atomic E-state index is -0.627. The Morgan fingerprint density at radius 3 is 2.92 bits per heavy atom. The molecule has 0 aromatic rings. The SMILES string of the molecule is CC#CCOC(=O)NC(C)C=O. The fraction of sp³-hybridized carbons (Fsp3) is 0.500. The molecule has 0 aromatic carbocycles. The molecule has 0 radical (unpaired) electrons. The molecule has 1 unspecified atom stereocenters. The van der Waals surface area contributed by atoms with Gasteiger partial charge in [0.25, 0.3) is 0 Å². The number of aldehydes is 1. The first-order valence-electron chi connectivity index (χ1n) is 3.49. The first-order chi connectivity index (χ1) is 5.70. The lowest BCUT2D eigenvalue weighted by atomic mass is 10.4. The molecule has 12 heavy (non-hydrogen) atoms. The van der Waals surface area contributed by atoms with Crippen LogP contribution in [0.4, 0.5) is 4.79 Å². The van der Waals surface area contributed by atoms with Crippen molar-refractivity contribution in [2.75, 3.05) is 6.61 Å². The maximum atomic E-state index is 10.7. The van der Waals surface area contributed by atoms with E-state index in [0.717, 1.165) is 0 Å². The van der Waals surface area contributed by atoms with Gasteiger partial charge in [-0.25, -0.2) is 4.79 Å². The third-order valence-corrected chi connectivity index (χ3v) is 1.00. The van der Waals surface area contributed by atoms with E-state index in [-0.39, 0.29) is 6.61 Å². The predicted octanol–water partition coefficient (Wildman–Crippen LogP) is 0.323. The topological polar surface area (TPSA) is 55.4 Å². The van der Waals surface area contributed by atoms with Gasteiger partial charge in [-0.15, -0.1) is 5.92 Å². The van der Waals surface area contributed by atoms with Crippen molar-refractivity contribution >= 4 is 12.4 Å². The fourth-order valence-corrected chi connectivity index (χ4v) is 0.435. The van der Waals surface area contributed by atoms with Gasteiger partial charge in [-0.2, -0.15) is 0 Å². The Labute approximate surface area is 71.3 Å². The zero-order chi connectivity index (χ0) is 9.40. The Kier molecular flexibility index (Phi) is 5.45. The molecule has 0 spiro atoms. The van der Waals surface area contributed by atoms with Crippen LogP contribution < -0.4 is 5.32 Å². The first-order valence-corrected chi connectivity index (χ1v) is 3.49. The Hall–Kier alpha value is -1.50. The van der Waals surface area contributed by atoms with E-state index in [1.807, 2.05) is 0 Å². The normalized spacial score (nSPS) is 10.5. The maximum Gasteiger partial charge on any atom is 0.408 e. The van der Waals surface area contributed by atoms with Gasteiger partial charge in [-0.3, -0.25) is 0 Å². The van der Waals surface area contributed by atoms with E-state index in [1.165, 1.54) is 0 Å². The Morgan fingerprint density at radius 2 is 2.42 bits per heavy atom. The second-order valence-electron chi connectivity index (χ2n) is 2.07. The number of amides is 1. The standard InChI is InChI=1S/C8H11NO3/c1-3-4-5-12-8(11)9-7(2)6-10/h6-7H,5H2,1-2H3,(H,9,11). The van der Waals surface area contributed by atoms with E-state index in [4.69, 9.17) is 0 Å². The molecule has 0 rings (SSSR count). The monoisotopic (exact) mass is 169 g/mol. The number of alkyl carbamates (subject to hydrolysis) is 1. The molecule has 66 valence electrons. The lowest BCUT2D eigenvalue weighted by molar-refractivity contribution is -0.109. The summed E-state index contributed by atoms with van der Waals surface area (Å²) in [4.78, 5) is 20.8. The van der Waals surface area contributed by atoms with Gasteiger partial charge in [-0.05, 0) is 13.8 Å². The van der Waals surface area contributed by atoms with Gasteiger partial charge in [0.1, 0.15) is 6.29 Å². The molecule has 1 N–H and O–H groups in total. The minimum Gasteiger partial charge on any atom is -0.436 e. The smallest absolute Gasteiger partial charge is 0.408 e. The molecule has 0 saturated heterocycles. The average Bonchev–Trinajstić information content (AvgIpc) is 2.05. The van der Waals surface area contributed by atoms with Gasteiger partial charge in [0.2, 0.25) is 0 Å². The summed E-state index contributed by atoms with van der Waals surface area (Å²) in [5.74, 6) is 5.11. The molecule has 0 saturated carbocycles. The Bertz CT molecular complexity index is 214. The van der Waals surface area contributed by atoms with Crippen LogP contribution in [0.3, 0.4) is 0 Å². The Balaban J connectivity index is 3.57. The number of ether oxygens (including phenoxy) is 1. The van der Waals surface area contributed by atoms with Crippen LogP contribution in [0.25, 0.3) is 0 Å². The van der Waals surface area contributed by atoms with E-state index >= 15 is 0 Å². The quantitative estimate of drug-likeness (QED) is 0.489. The lowest BCUT2D eigenvalue weighted by Gasteiger charge is -2.05. The summed E-state index contributed by atoms with van der Waals surface area (Å²) in [6, 6.07) is -0.521. The van der Waals surface area contributed by atoms with Gasteiger partial charge in [0.15, 0.2) is 6.61 Å². The highest BCUT2D eigenvalue weighted by atomic mass is 16.5. The number of nitrogens with one attached hydrogen (secondary N) is 1. The number of carbonyl (C=O) groups excluding carboxylic acids is 2. The summed E-state index contributed by atoms with van der Waals surface area (Å²) < 4.78 is 4.57. The van der Waals surface area contributed by atoms with Crippen LogP contribution in [-0.4, -0.2) is 25.0 Å². The van der Waals surface area contributed by atoms with Crippen LogP contribution in [0.15, 0.2) is 0 Å². The highest BCUT2D eigenvalue weighted by Gasteiger charge is 2.04. The van der Waals surface area contributed by atoms with Crippen molar-refractivity contribution in [1.82, 2.24) is 5.32 Å². The van der Waals surface area contributed by atoms with E-state index in [1.54, 1.807) is 13.8 Å². The molecule has 0 aliphatic heterocycles. The van der Waals surface area contributed by atoms with Gasteiger partial charge in [-0.1, -0.05) is 5.92 Å². The molecule has 0 aromatic heterocycles. The van der Waals surface area contributed by atoms with Crippen molar-refractivity contribution in [2.45, 2.75) is 19.9 Å². The van der Waals surface area contributed by atoms with Crippen molar-refractivity contribution in [3.05, 3.63) is 0 Å². The molecular weight excluding hydrogens is 158 g/mol. The van der Waals surface area contributed by atoms with Crippen molar-refractivity contribution in [2.24, 2.45) is 0 Å². The fourth-order valence-electron chi connectivity index (χ4n) is 0.435. The maximum absolute atomic E-state index is 10.7. The highest BCUT2D eigenvalue weighted by Crippen LogP contribution is 1.79. The van der Waals surface area contributed by atoms with E-state index in [2.05, 4.69) is 21.9 Å². The largest absolute Gasteiger partial charge is 0.436 e. The van der Waals surface area contributed by atoms with Crippen LogP contribution in [0, 0.1) is 11.8 Å². The van der Waals surface area contributed by atoms with E-state index in [9.17, 15) is 9.59 Å². The van der Waals surface area contributed by atoms with Crippen LogP contribution in [0.2, 0.25) is 0 Å². The third kappa shape index (κ3) is 5.30. The summed E-state index contributed by atoms with van der Waals surface area (Å²) in [7, 11) is 0. The van der Waals surface area contributed by atoms with Crippen molar-refractivity contribution in [3.8, 4) is 11.8 Å². The van der Waals surface area contributed by atoms with Crippen LogP contribution in [0.1, 0.15) is 13.8 Å². The summed E-state index contributed by atoms with van der Waals surface area (Å²) in [6.07, 6.45) is -0.00964.